The Bertz CT molecular complexity index is 259. The quantitative estimate of drug-likeness (QED) is 0.579. The standard InChI is InChI=1S/C10H17P.Al.ClH.O/c1-11(2,3)9-10-7-5-4-6-8-10;;;/h4-8,11H,9H2,1-3H3;;1H;/q;+1;;/p-1. The zero-order valence-electron chi connectivity index (χ0n) is 8.96. The molecule has 0 radical (unpaired) electrons. The first-order valence-corrected chi connectivity index (χ1v) is 10.5. The van der Waals surface area contributed by atoms with E-state index in [1.165, 1.54) is 11.7 Å². The van der Waals surface area contributed by atoms with Gasteiger partial charge in [0, 0.05) is 0 Å². The molecule has 0 saturated heterocycles. The van der Waals surface area contributed by atoms with E-state index in [0.29, 0.717) is 0 Å². The van der Waals surface area contributed by atoms with Crippen molar-refractivity contribution in [1.29, 1.82) is 0 Å². The molecule has 0 amide bonds. The predicted octanol–water partition coefficient (Wildman–Crippen LogP) is 3.02. The van der Waals surface area contributed by atoms with E-state index in [9.17, 15) is 0 Å². The molecule has 14 heavy (non-hydrogen) atoms. The van der Waals surface area contributed by atoms with Crippen LogP contribution in [-0.2, 0) is 9.97 Å². The number of hydrogen-bond acceptors (Lipinski definition) is 1. The third kappa shape index (κ3) is 8.85. The van der Waals surface area contributed by atoms with E-state index in [4.69, 9.17) is 3.80 Å². The SMILES string of the molecule is C[PH](C)(C)Cc1ccccc1.[O]=[Al][Cl]. The zero-order chi connectivity index (χ0) is 11.0. The van der Waals surface area contributed by atoms with Crippen molar-refractivity contribution in [3.05, 3.63) is 35.9 Å². The second-order valence-electron chi connectivity index (χ2n) is 4.31. The molecule has 0 saturated carbocycles. The number of halogens is 1. The van der Waals surface area contributed by atoms with Gasteiger partial charge in [-0.05, 0) is 0 Å². The van der Waals surface area contributed by atoms with Crippen LogP contribution in [0.2, 0.25) is 0 Å². The molecule has 0 heterocycles. The number of benzene rings is 1. The predicted molar refractivity (Wildman–Crippen MR) is 68.5 cm³/mol. The summed E-state index contributed by atoms with van der Waals surface area (Å²) in [6, 6.07) is 10.8. The Hall–Kier alpha value is 0.272. The van der Waals surface area contributed by atoms with Gasteiger partial charge in [-0.1, -0.05) is 0 Å². The molecule has 1 aromatic carbocycles. The summed E-state index contributed by atoms with van der Waals surface area (Å²) in [6.07, 6.45) is 1.30. The molecule has 0 unspecified atom stereocenters. The van der Waals surface area contributed by atoms with E-state index in [2.05, 4.69) is 60.4 Å². The number of rotatable bonds is 2. The molecular formula is C10H17AlClOP. The maximum absolute atomic E-state index is 8.78. The van der Waals surface area contributed by atoms with Gasteiger partial charge in [-0.15, -0.1) is 0 Å². The summed E-state index contributed by atoms with van der Waals surface area (Å²) < 4.78 is 8.78. The van der Waals surface area contributed by atoms with Crippen molar-refractivity contribution in [3.8, 4) is 0 Å². The third-order valence-electron chi connectivity index (χ3n) is 1.58. The van der Waals surface area contributed by atoms with Crippen LogP contribution in [0.3, 0.4) is 0 Å². The van der Waals surface area contributed by atoms with Crippen molar-refractivity contribution in [1.82, 2.24) is 0 Å². The summed E-state index contributed by atoms with van der Waals surface area (Å²) in [5.41, 5.74) is 1.49. The Balaban J connectivity index is 0.000000500. The van der Waals surface area contributed by atoms with E-state index in [1.807, 2.05) is 0 Å². The molecule has 0 bridgehead atoms. The summed E-state index contributed by atoms with van der Waals surface area (Å²) in [5.74, 6) is 0. The molecule has 0 aliphatic heterocycles. The Labute approximate surface area is 97.3 Å². The van der Waals surface area contributed by atoms with E-state index in [0.717, 1.165) is 0 Å². The normalized spacial score (nSPS) is 10.9. The van der Waals surface area contributed by atoms with Crippen molar-refractivity contribution in [2.45, 2.75) is 6.16 Å². The fourth-order valence-electron chi connectivity index (χ4n) is 1.21. The van der Waals surface area contributed by atoms with Crippen molar-refractivity contribution >= 4 is 31.5 Å². The first kappa shape index (κ1) is 14.3. The molecule has 0 aromatic heterocycles. The van der Waals surface area contributed by atoms with Crippen LogP contribution in [0.5, 0.6) is 0 Å². The van der Waals surface area contributed by atoms with Crippen LogP contribution in [0.4, 0.5) is 0 Å². The second kappa shape index (κ2) is 7.55. The monoisotopic (exact) mass is 246 g/mol. The van der Waals surface area contributed by atoms with Crippen LogP contribution >= 0.6 is 17.3 Å². The summed E-state index contributed by atoms with van der Waals surface area (Å²) >= 11 is -1.03. The van der Waals surface area contributed by atoms with Gasteiger partial charge in [0.2, 0.25) is 0 Å². The summed E-state index contributed by atoms with van der Waals surface area (Å²) in [4.78, 5) is 0. The summed E-state index contributed by atoms with van der Waals surface area (Å²) in [5, 5.41) is 0. The van der Waals surface area contributed by atoms with Gasteiger partial charge >= 0.3 is 97.4 Å². The number of hydrogen-bond donors (Lipinski definition) is 0. The van der Waals surface area contributed by atoms with E-state index in [-0.39, 0.29) is 0 Å². The Morgan fingerprint density at radius 3 is 2.00 bits per heavy atom. The Morgan fingerprint density at radius 2 is 1.64 bits per heavy atom. The molecule has 0 aliphatic carbocycles. The van der Waals surface area contributed by atoms with Gasteiger partial charge in [0.15, 0.2) is 0 Å². The van der Waals surface area contributed by atoms with Crippen molar-refractivity contribution in [2.24, 2.45) is 0 Å². The molecule has 1 nitrogen and oxygen atoms in total. The molecule has 0 aliphatic rings. The van der Waals surface area contributed by atoms with Crippen LogP contribution in [0.25, 0.3) is 0 Å². The second-order valence-corrected chi connectivity index (χ2v) is 10.5. The molecule has 1 rings (SSSR count). The van der Waals surface area contributed by atoms with Gasteiger partial charge in [-0.2, -0.15) is 0 Å². The topological polar surface area (TPSA) is 17.1 Å². The van der Waals surface area contributed by atoms with Crippen molar-refractivity contribution in [2.75, 3.05) is 20.0 Å². The molecule has 0 atom stereocenters. The first-order valence-electron chi connectivity index (χ1n) is 4.57. The molecule has 1 aromatic rings. The van der Waals surface area contributed by atoms with Gasteiger partial charge in [0.05, 0.1) is 0 Å². The van der Waals surface area contributed by atoms with E-state index >= 15 is 0 Å². The molecule has 0 spiro atoms. The van der Waals surface area contributed by atoms with Gasteiger partial charge in [-0.25, -0.2) is 0 Å². The first-order chi connectivity index (χ1) is 6.49. The van der Waals surface area contributed by atoms with Crippen LogP contribution < -0.4 is 0 Å². The third-order valence-corrected chi connectivity index (χ3v) is 3.05. The van der Waals surface area contributed by atoms with Gasteiger partial charge < -0.3 is 0 Å². The van der Waals surface area contributed by atoms with Crippen LogP contribution in [0.15, 0.2) is 30.3 Å². The molecule has 0 fully saturated rings. The average molecular weight is 247 g/mol. The van der Waals surface area contributed by atoms with E-state index < -0.39 is 21.5 Å². The van der Waals surface area contributed by atoms with Crippen LogP contribution in [0.1, 0.15) is 5.56 Å². The fraction of sp³-hybridized carbons (Fsp3) is 0.400. The average Bonchev–Trinajstić information content (AvgIpc) is 2.04. The van der Waals surface area contributed by atoms with Gasteiger partial charge in [0.25, 0.3) is 0 Å². The minimum atomic E-state index is -1.03. The van der Waals surface area contributed by atoms with Crippen molar-refractivity contribution < 1.29 is 3.80 Å². The van der Waals surface area contributed by atoms with Gasteiger partial charge in [-0.3, -0.25) is 0 Å². The fourth-order valence-corrected chi connectivity index (χ4v) is 2.67. The van der Waals surface area contributed by atoms with Crippen LogP contribution in [0, 0.1) is 0 Å². The summed E-state index contributed by atoms with van der Waals surface area (Å²) in [6.45, 7) is 7.21. The molecule has 4 heteroatoms. The summed E-state index contributed by atoms with van der Waals surface area (Å²) in [7, 11) is 3.63. The Kier molecular flexibility index (Phi) is 7.70. The van der Waals surface area contributed by atoms with Crippen molar-refractivity contribution in [3.63, 3.8) is 0 Å². The zero-order valence-corrected chi connectivity index (χ0v) is 11.9. The molecular weight excluding hydrogens is 230 g/mol. The molecule has 78 valence electrons. The van der Waals surface area contributed by atoms with E-state index in [1.54, 1.807) is 0 Å². The van der Waals surface area contributed by atoms with Gasteiger partial charge in [0.1, 0.15) is 0 Å². The Morgan fingerprint density at radius 1 is 1.21 bits per heavy atom. The minimum absolute atomic E-state index is 0.898. The van der Waals surface area contributed by atoms with Crippen LogP contribution in [-0.4, -0.2) is 34.2 Å². The molecule has 0 N–H and O–H groups in total. The maximum atomic E-state index is 8.78.